The number of rotatable bonds is 8. The van der Waals surface area contributed by atoms with Crippen molar-refractivity contribution >= 4 is 11.9 Å². The molecule has 1 aliphatic heterocycles. The van der Waals surface area contributed by atoms with Gasteiger partial charge in [0.15, 0.2) is 0 Å². The van der Waals surface area contributed by atoms with Crippen LogP contribution in [-0.4, -0.2) is 48.7 Å². The summed E-state index contributed by atoms with van der Waals surface area (Å²) in [4.78, 5) is 25.7. The molecular weight excluding hydrogens is 382 g/mol. The number of methoxy groups -OCH3 is 1. The van der Waals surface area contributed by atoms with Gasteiger partial charge in [-0.25, -0.2) is 0 Å². The van der Waals surface area contributed by atoms with Gasteiger partial charge in [0.2, 0.25) is 5.91 Å². The Morgan fingerprint density at radius 3 is 2.63 bits per heavy atom. The molecule has 0 spiro atoms. The fourth-order valence-corrected chi connectivity index (χ4v) is 3.66. The summed E-state index contributed by atoms with van der Waals surface area (Å²) < 4.78 is 10.8. The molecule has 0 bridgehead atoms. The molecule has 3 rings (SSSR count). The highest BCUT2D eigenvalue weighted by atomic mass is 16.5. The van der Waals surface area contributed by atoms with Gasteiger partial charge in [-0.1, -0.05) is 24.3 Å². The van der Waals surface area contributed by atoms with E-state index >= 15 is 0 Å². The van der Waals surface area contributed by atoms with Crippen molar-refractivity contribution in [3.05, 3.63) is 59.7 Å². The topological polar surface area (TPSA) is 76.1 Å². The van der Waals surface area contributed by atoms with Crippen LogP contribution in [0.5, 0.6) is 11.5 Å². The molecule has 1 saturated heterocycles. The second kappa shape index (κ2) is 10.1. The Morgan fingerprint density at radius 1 is 1.17 bits per heavy atom. The molecule has 2 aromatic rings. The Morgan fingerprint density at radius 2 is 1.93 bits per heavy atom. The van der Waals surface area contributed by atoms with E-state index in [4.69, 9.17) is 14.6 Å². The zero-order valence-corrected chi connectivity index (χ0v) is 17.5. The third-order valence-electron chi connectivity index (χ3n) is 5.54. The molecule has 0 radical (unpaired) electrons. The van der Waals surface area contributed by atoms with Crippen molar-refractivity contribution in [2.45, 2.75) is 32.1 Å². The van der Waals surface area contributed by atoms with Crippen LogP contribution in [0.25, 0.3) is 0 Å². The van der Waals surface area contributed by atoms with Gasteiger partial charge in [0.05, 0.1) is 19.4 Å². The molecule has 1 amide bonds. The number of likely N-dealkylation sites (tertiary alicyclic amines) is 1. The largest absolute Gasteiger partial charge is 0.497 e. The van der Waals surface area contributed by atoms with Gasteiger partial charge >= 0.3 is 5.97 Å². The molecule has 1 aliphatic rings. The van der Waals surface area contributed by atoms with Crippen LogP contribution in [0.2, 0.25) is 0 Å². The number of carboxylic acids is 1. The van der Waals surface area contributed by atoms with Crippen molar-refractivity contribution in [2.75, 3.05) is 26.8 Å². The lowest BCUT2D eigenvalue weighted by Crippen LogP contribution is -2.39. The number of aliphatic carboxylic acids is 1. The molecule has 1 heterocycles. The van der Waals surface area contributed by atoms with Crippen LogP contribution in [0.3, 0.4) is 0 Å². The smallest absolute Gasteiger partial charge is 0.309 e. The average molecular weight is 411 g/mol. The van der Waals surface area contributed by atoms with Gasteiger partial charge in [-0.3, -0.25) is 9.59 Å². The lowest BCUT2D eigenvalue weighted by atomic mass is 9.90. The Bertz CT molecular complexity index is 864. The summed E-state index contributed by atoms with van der Waals surface area (Å²) in [5.74, 6) is 0.400. The van der Waals surface area contributed by atoms with Crippen LogP contribution in [-0.2, 0) is 16.0 Å². The Kier molecular flexibility index (Phi) is 7.33. The maximum Gasteiger partial charge on any atom is 0.309 e. The number of piperidine rings is 1. The summed E-state index contributed by atoms with van der Waals surface area (Å²) in [5.41, 5.74) is 2.10. The summed E-state index contributed by atoms with van der Waals surface area (Å²) in [5, 5.41) is 9.01. The van der Waals surface area contributed by atoms with Crippen molar-refractivity contribution in [3.63, 3.8) is 0 Å². The van der Waals surface area contributed by atoms with E-state index in [0.29, 0.717) is 18.7 Å². The standard InChI is InChI=1S/C24H29NO5/c1-17(24(27)28)16-30-22-7-3-5-19(14-22)20-6-4-12-25(15-20)23(26)13-18-8-10-21(29-2)11-9-18/h3,5,7-11,14,17,20H,4,6,12-13,15-16H2,1-2H3,(H,27,28). The minimum Gasteiger partial charge on any atom is -0.497 e. The monoisotopic (exact) mass is 411 g/mol. The van der Waals surface area contributed by atoms with Crippen molar-refractivity contribution < 1.29 is 24.2 Å². The van der Waals surface area contributed by atoms with Crippen molar-refractivity contribution in [1.82, 2.24) is 4.90 Å². The molecule has 6 heteroatoms. The molecular formula is C24H29NO5. The van der Waals surface area contributed by atoms with Gasteiger partial charge in [0.25, 0.3) is 0 Å². The second-order valence-electron chi connectivity index (χ2n) is 7.83. The number of carbonyl (C=O) groups is 2. The molecule has 2 aromatic carbocycles. The van der Waals surface area contributed by atoms with Crippen LogP contribution in [0.4, 0.5) is 0 Å². The Balaban J connectivity index is 1.60. The summed E-state index contributed by atoms with van der Waals surface area (Å²) in [6.07, 6.45) is 2.36. The number of carboxylic acid groups (broad SMARTS) is 1. The van der Waals surface area contributed by atoms with E-state index in [0.717, 1.165) is 36.3 Å². The third kappa shape index (κ3) is 5.75. The molecule has 160 valence electrons. The minimum absolute atomic E-state index is 0.132. The summed E-state index contributed by atoms with van der Waals surface area (Å²) in [6, 6.07) is 15.4. The lowest BCUT2D eigenvalue weighted by molar-refractivity contribution is -0.142. The predicted octanol–water partition coefficient (Wildman–Crippen LogP) is 3.74. The van der Waals surface area contributed by atoms with E-state index in [1.165, 1.54) is 0 Å². The van der Waals surface area contributed by atoms with Crippen LogP contribution in [0, 0.1) is 5.92 Å². The van der Waals surface area contributed by atoms with E-state index in [9.17, 15) is 9.59 Å². The highest BCUT2D eigenvalue weighted by Gasteiger charge is 2.25. The first-order valence-corrected chi connectivity index (χ1v) is 10.3. The predicted molar refractivity (Wildman–Crippen MR) is 114 cm³/mol. The first kappa shape index (κ1) is 21.7. The fourth-order valence-electron chi connectivity index (χ4n) is 3.66. The van der Waals surface area contributed by atoms with Crippen molar-refractivity contribution in [3.8, 4) is 11.5 Å². The number of hydrogen-bond acceptors (Lipinski definition) is 4. The quantitative estimate of drug-likeness (QED) is 0.716. The number of hydrogen-bond donors (Lipinski definition) is 1. The van der Waals surface area contributed by atoms with Gasteiger partial charge < -0.3 is 19.5 Å². The highest BCUT2D eigenvalue weighted by Crippen LogP contribution is 2.29. The van der Waals surface area contributed by atoms with Gasteiger partial charge in [-0.15, -0.1) is 0 Å². The first-order valence-electron chi connectivity index (χ1n) is 10.3. The highest BCUT2D eigenvalue weighted by molar-refractivity contribution is 5.79. The van der Waals surface area contributed by atoms with E-state index in [1.807, 2.05) is 47.4 Å². The summed E-state index contributed by atoms with van der Waals surface area (Å²) in [7, 11) is 1.63. The molecule has 1 N–H and O–H groups in total. The SMILES string of the molecule is COc1ccc(CC(=O)N2CCCC(c3cccc(OCC(C)C(=O)O)c3)C2)cc1. The van der Waals surface area contributed by atoms with Crippen molar-refractivity contribution in [1.29, 1.82) is 0 Å². The van der Waals surface area contributed by atoms with E-state index < -0.39 is 11.9 Å². The molecule has 0 aromatic heterocycles. The second-order valence-corrected chi connectivity index (χ2v) is 7.83. The summed E-state index contributed by atoms with van der Waals surface area (Å²) >= 11 is 0. The molecule has 2 atom stereocenters. The first-order chi connectivity index (χ1) is 14.5. The fraction of sp³-hybridized carbons (Fsp3) is 0.417. The molecule has 30 heavy (non-hydrogen) atoms. The van der Waals surface area contributed by atoms with Gasteiger partial charge in [0, 0.05) is 19.0 Å². The summed E-state index contributed by atoms with van der Waals surface area (Å²) in [6.45, 7) is 3.22. The molecule has 1 fully saturated rings. The van der Waals surface area contributed by atoms with Gasteiger partial charge in [-0.2, -0.15) is 0 Å². The van der Waals surface area contributed by atoms with Crippen molar-refractivity contribution in [2.24, 2.45) is 5.92 Å². The maximum atomic E-state index is 12.8. The number of carbonyl (C=O) groups excluding carboxylic acids is 1. The van der Waals surface area contributed by atoms with Crippen LogP contribution in [0.1, 0.15) is 36.8 Å². The Hall–Kier alpha value is -3.02. The van der Waals surface area contributed by atoms with Crippen LogP contribution < -0.4 is 9.47 Å². The number of amides is 1. The van der Waals surface area contributed by atoms with E-state index in [-0.39, 0.29) is 18.4 Å². The van der Waals surface area contributed by atoms with Gasteiger partial charge in [0.1, 0.15) is 18.1 Å². The molecule has 6 nitrogen and oxygen atoms in total. The maximum absolute atomic E-state index is 12.8. The minimum atomic E-state index is -0.871. The van der Waals surface area contributed by atoms with E-state index in [2.05, 4.69) is 6.07 Å². The molecule has 0 saturated carbocycles. The number of ether oxygens (including phenoxy) is 2. The lowest BCUT2D eigenvalue weighted by Gasteiger charge is -2.33. The van der Waals surface area contributed by atoms with Gasteiger partial charge in [-0.05, 0) is 55.2 Å². The molecule has 0 aliphatic carbocycles. The average Bonchev–Trinajstić information content (AvgIpc) is 2.78. The third-order valence-corrected chi connectivity index (χ3v) is 5.54. The zero-order chi connectivity index (χ0) is 21.5. The Labute approximate surface area is 177 Å². The zero-order valence-electron chi connectivity index (χ0n) is 17.5. The van der Waals surface area contributed by atoms with E-state index in [1.54, 1.807) is 14.0 Å². The van der Waals surface area contributed by atoms with Crippen LogP contribution in [0.15, 0.2) is 48.5 Å². The normalized spacial score (nSPS) is 17.3. The number of nitrogens with zero attached hydrogens (tertiary/aromatic N) is 1. The number of benzene rings is 2. The van der Waals surface area contributed by atoms with Crippen LogP contribution >= 0.6 is 0 Å². The molecule has 2 unspecified atom stereocenters.